The zero-order valence-corrected chi connectivity index (χ0v) is 18.7. The van der Waals surface area contributed by atoms with Crippen molar-refractivity contribution in [3.05, 3.63) is 57.6 Å². The number of halogens is 1. The van der Waals surface area contributed by atoms with Crippen LogP contribution in [0.15, 0.2) is 30.3 Å². The lowest BCUT2D eigenvalue weighted by Gasteiger charge is -2.24. The smallest absolute Gasteiger partial charge is 0.415 e. The van der Waals surface area contributed by atoms with E-state index >= 15 is 0 Å². The van der Waals surface area contributed by atoms with Gasteiger partial charge in [-0.25, -0.2) is 4.79 Å². The molecule has 4 rings (SSSR count). The minimum atomic E-state index is -0.368. The summed E-state index contributed by atoms with van der Waals surface area (Å²) in [5.41, 5.74) is 4.83. The lowest BCUT2D eigenvalue weighted by atomic mass is 9.86. The van der Waals surface area contributed by atoms with Gasteiger partial charge in [-0.1, -0.05) is 29.8 Å². The molecule has 2 heterocycles. The first-order valence-corrected chi connectivity index (χ1v) is 11.1. The molecular formula is C24H29ClN2O3. The van der Waals surface area contributed by atoms with Crippen LogP contribution in [0, 0.1) is 0 Å². The standard InChI is InChI=1S/C24H29ClN2O3/c1-4-27(5-2)24(28)30-22-14-19-17(13-21(22)25)9-11-26(3)15-20(19)18-8-6-7-16-10-12-29-23(16)18/h6-8,13-14,20H,4-5,9-12,15H2,1-3H3. The second-order valence-electron chi connectivity index (χ2n) is 8.02. The van der Waals surface area contributed by atoms with E-state index in [0.29, 0.717) is 23.9 Å². The molecule has 0 fully saturated rings. The maximum atomic E-state index is 12.5. The number of carbonyl (C=O) groups is 1. The van der Waals surface area contributed by atoms with Gasteiger partial charge in [-0.2, -0.15) is 0 Å². The molecule has 0 radical (unpaired) electrons. The summed E-state index contributed by atoms with van der Waals surface area (Å²) in [6, 6.07) is 10.4. The molecule has 160 valence electrons. The van der Waals surface area contributed by atoms with Crippen LogP contribution in [0.5, 0.6) is 11.5 Å². The number of para-hydroxylation sites is 1. The zero-order valence-electron chi connectivity index (χ0n) is 17.9. The SMILES string of the molecule is CCN(CC)C(=O)Oc1cc2c(cc1Cl)CCN(C)CC2c1cccc2c1OCC2. The van der Waals surface area contributed by atoms with Crippen LogP contribution in [0.1, 0.15) is 42.0 Å². The van der Waals surface area contributed by atoms with Crippen molar-refractivity contribution in [1.82, 2.24) is 9.80 Å². The van der Waals surface area contributed by atoms with Gasteiger partial charge in [0.25, 0.3) is 0 Å². The lowest BCUT2D eigenvalue weighted by Crippen LogP contribution is -2.33. The highest BCUT2D eigenvalue weighted by molar-refractivity contribution is 6.32. The predicted molar refractivity (Wildman–Crippen MR) is 119 cm³/mol. The first-order chi connectivity index (χ1) is 14.5. The van der Waals surface area contributed by atoms with Gasteiger partial charge in [0, 0.05) is 44.1 Å². The Morgan fingerprint density at radius 2 is 2.00 bits per heavy atom. The van der Waals surface area contributed by atoms with Gasteiger partial charge in [-0.3, -0.25) is 0 Å². The van der Waals surface area contributed by atoms with Gasteiger partial charge >= 0.3 is 6.09 Å². The minimum Gasteiger partial charge on any atom is -0.493 e. The maximum absolute atomic E-state index is 12.5. The van der Waals surface area contributed by atoms with Crippen molar-refractivity contribution in [2.75, 3.05) is 39.8 Å². The van der Waals surface area contributed by atoms with E-state index in [-0.39, 0.29) is 12.0 Å². The van der Waals surface area contributed by atoms with Crippen molar-refractivity contribution >= 4 is 17.7 Å². The molecule has 2 aromatic carbocycles. The third-order valence-electron chi connectivity index (χ3n) is 6.17. The molecule has 0 saturated heterocycles. The maximum Gasteiger partial charge on any atom is 0.415 e. The molecule has 1 amide bonds. The fourth-order valence-corrected chi connectivity index (χ4v) is 4.69. The van der Waals surface area contributed by atoms with Gasteiger partial charge in [0.05, 0.1) is 11.6 Å². The first kappa shape index (κ1) is 21.0. The molecule has 6 heteroatoms. The minimum absolute atomic E-state index is 0.128. The second-order valence-corrected chi connectivity index (χ2v) is 8.43. The molecular weight excluding hydrogens is 400 g/mol. The highest BCUT2D eigenvalue weighted by Gasteiger charge is 2.29. The van der Waals surface area contributed by atoms with Gasteiger partial charge in [0.15, 0.2) is 5.75 Å². The second kappa shape index (κ2) is 8.86. The Hall–Kier alpha value is -2.24. The number of likely N-dealkylation sites (N-methyl/N-ethyl adjacent to an activating group) is 1. The lowest BCUT2D eigenvalue weighted by molar-refractivity contribution is 0.157. The Balaban J connectivity index is 1.76. The Kier molecular flexibility index (Phi) is 6.21. The normalized spacial score (nSPS) is 18.2. The number of amides is 1. The topological polar surface area (TPSA) is 42.0 Å². The van der Waals surface area contributed by atoms with E-state index in [1.165, 1.54) is 16.7 Å². The summed E-state index contributed by atoms with van der Waals surface area (Å²) in [6.07, 6.45) is 1.49. The predicted octanol–water partition coefficient (Wildman–Crippen LogP) is 4.74. The highest BCUT2D eigenvalue weighted by atomic mass is 35.5. The molecule has 1 unspecified atom stereocenters. The molecule has 2 aliphatic heterocycles. The number of carbonyl (C=O) groups excluding carboxylic acids is 1. The number of hydrogen-bond donors (Lipinski definition) is 0. The van der Waals surface area contributed by atoms with Crippen LogP contribution >= 0.6 is 11.6 Å². The monoisotopic (exact) mass is 428 g/mol. The number of hydrogen-bond acceptors (Lipinski definition) is 4. The zero-order chi connectivity index (χ0) is 21.3. The summed E-state index contributed by atoms with van der Waals surface area (Å²) in [7, 11) is 2.14. The summed E-state index contributed by atoms with van der Waals surface area (Å²) in [6.45, 7) is 7.62. The Morgan fingerprint density at radius 1 is 1.20 bits per heavy atom. The molecule has 2 aliphatic rings. The quantitative estimate of drug-likeness (QED) is 0.705. The summed E-state index contributed by atoms with van der Waals surface area (Å²) in [5.74, 6) is 1.57. The molecule has 1 atom stereocenters. The van der Waals surface area contributed by atoms with E-state index in [1.54, 1.807) is 4.90 Å². The third-order valence-corrected chi connectivity index (χ3v) is 6.46. The summed E-state index contributed by atoms with van der Waals surface area (Å²) in [4.78, 5) is 16.5. The van der Waals surface area contributed by atoms with Crippen molar-refractivity contribution in [3.63, 3.8) is 0 Å². The summed E-state index contributed by atoms with van der Waals surface area (Å²) in [5, 5.41) is 0.479. The number of benzene rings is 2. The molecule has 0 spiro atoms. The number of ether oxygens (including phenoxy) is 2. The van der Waals surface area contributed by atoms with E-state index in [2.05, 4.69) is 30.1 Å². The Labute approximate surface area is 183 Å². The van der Waals surface area contributed by atoms with Gasteiger partial charge < -0.3 is 19.3 Å². The summed E-state index contributed by atoms with van der Waals surface area (Å²) < 4.78 is 11.7. The van der Waals surface area contributed by atoms with Crippen LogP contribution in [0.3, 0.4) is 0 Å². The molecule has 2 aromatic rings. The molecule has 0 aromatic heterocycles. The van der Waals surface area contributed by atoms with Crippen molar-refractivity contribution in [2.24, 2.45) is 0 Å². The van der Waals surface area contributed by atoms with Crippen molar-refractivity contribution < 1.29 is 14.3 Å². The average molecular weight is 429 g/mol. The van der Waals surface area contributed by atoms with E-state index in [4.69, 9.17) is 21.1 Å². The fraction of sp³-hybridized carbons (Fsp3) is 0.458. The molecule has 0 N–H and O–H groups in total. The third kappa shape index (κ3) is 4.01. The van der Waals surface area contributed by atoms with E-state index in [0.717, 1.165) is 43.9 Å². The highest BCUT2D eigenvalue weighted by Crippen LogP contribution is 2.42. The Morgan fingerprint density at radius 3 is 2.77 bits per heavy atom. The molecule has 0 aliphatic carbocycles. The van der Waals surface area contributed by atoms with Gasteiger partial charge in [0.2, 0.25) is 0 Å². The number of nitrogens with zero attached hydrogens (tertiary/aromatic N) is 2. The molecule has 0 bridgehead atoms. The van der Waals surface area contributed by atoms with Crippen molar-refractivity contribution in [3.8, 4) is 11.5 Å². The molecule has 30 heavy (non-hydrogen) atoms. The molecule has 0 saturated carbocycles. The van der Waals surface area contributed by atoms with E-state index in [1.807, 2.05) is 26.0 Å². The van der Waals surface area contributed by atoms with Crippen LogP contribution in [0.25, 0.3) is 0 Å². The van der Waals surface area contributed by atoms with E-state index in [9.17, 15) is 4.79 Å². The average Bonchev–Trinajstić information content (AvgIpc) is 3.16. The Bertz CT molecular complexity index is 942. The fourth-order valence-electron chi connectivity index (χ4n) is 4.46. The van der Waals surface area contributed by atoms with Crippen LogP contribution in [-0.2, 0) is 12.8 Å². The van der Waals surface area contributed by atoms with Crippen LogP contribution in [0.4, 0.5) is 4.79 Å². The van der Waals surface area contributed by atoms with E-state index < -0.39 is 0 Å². The number of fused-ring (bicyclic) bond motifs is 2. The van der Waals surface area contributed by atoms with Crippen LogP contribution < -0.4 is 9.47 Å². The molecule has 5 nitrogen and oxygen atoms in total. The van der Waals surface area contributed by atoms with Crippen molar-refractivity contribution in [1.29, 1.82) is 0 Å². The number of rotatable bonds is 4. The van der Waals surface area contributed by atoms with Crippen LogP contribution in [0.2, 0.25) is 5.02 Å². The largest absolute Gasteiger partial charge is 0.493 e. The van der Waals surface area contributed by atoms with Gasteiger partial charge in [0.1, 0.15) is 5.75 Å². The van der Waals surface area contributed by atoms with Gasteiger partial charge in [-0.05, 0) is 56.1 Å². The first-order valence-electron chi connectivity index (χ1n) is 10.7. The van der Waals surface area contributed by atoms with Crippen molar-refractivity contribution in [2.45, 2.75) is 32.6 Å². The summed E-state index contributed by atoms with van der Waals surface area (Å²) >= 11 is 6.54. The van der Waals surface area contributed by atoms with Gasteiger partial charge in [-0.15, -0.1) is 0 Å². The van der Waals surface area contributed by atoms with Crippen LogP contribution in [-0.4, -0.2) is 55.7 Å².